The highest BCUT2D eigenvalue weighted by atomic mass is 16.3. The standard InChI is InChI=1S/C66H61N3O/c1-41(2)50-37-56(42(3)4)64(70)59(38-50)65-68-63-55(52-34-51(45-17-12-10-13-18-45)35-53(36-52)60-39-49(31-32-67-60)46-25-23-43(5)24-26-46)21-16-22-61(63)69(65)62-33-44(6)57(47-19-14-11-15-20-47)40-58(62)48-27-29-54(30-28-48)66(7,8)9/h10-42,70H,1-9H3/i6D3. The van der Waals surface area contributed by atoms with E-state index < -0.39 is 6.85 Å². The van der Waals surface area contributed by atoms with Crippen LogP contribution in [0.3, 0.4) is 0 Å². The number of aryl methyl sites for hydroxylation is 2. The Labute approximate surface area is 418 Å². The lowest BCUT2D eigenvalue weighted by Crippen LogP contribution is -2.10. The Balaban J connectivity index is 1.31. The molecule has 1 N–H and O–H groups in total. The number of nitrogens with zero attached hydrogens (tertiary/aromatic N) is 3. The molecule has 10 aromatic rings. The van der Waals surface area contributed by atoms with E-state index in [1.807, 2.05) is 54.7 Å². The number of imidazole rings is 1. The van der Waals surface area contributed by atoms with Crippen molar-refractivity contribution in [1.82, 2.24) is 14.5 Å². The fraction of sp³-hybridized carbons (Fsp3) is 0.182. The summed E-state index contributed by atoms with van der Waals surface area (Å²) in [6.07, 6.45) is 1.88. The number of benzene rings is 8. The van der Waals surface area contributed by atoms with Gasteiger partial charge in [-0.15, -0.1) is 0 Å². The molecule has 0 radical (unpaired) electrons. The first-order valence-electron chi connectivity index (χ1n) is 25.9. The number of aromatic hydroxyl groups is 1. The van der Waals surface area contributed by atoms with Crippen LogP contribution in [-0.2, 0) is 5.41 Å². The first kappa shape index (κ1) is 42.3. The molecule has 0 amide bonds. The van der Waals surface area contributed by atoms with E-state index in [0.717, 1.165) is 78.0 Å². The van der Waals surface area contributed by atoms with Gasteiger partial charge in [0.25, 0.3) is 0 Å². The van der Waals surface area contributed by atoms with Crippen molar-refractivity contribution in [3.63, 3.8) is 0 Å². The highest BCUT2D eigenvalue weighted by Gasteiger charge is 2.26. The van der Waals surface area contributed by atoms with Crippen molar-refractivity contribution in [3.8, 4) is 89.7 Å². The predicted molar refractivity (Wildman–Crippen MR) is 295 cm³/mol. The van der Waals surface area contributed by atoms with Crippen molar-refractivity contribution in [3.05, 3.63) is 216 Å². The third-order valence-electron chi connectivity index (χ3n) is 13.7. The maximum atomic E-state index is 12.6. The Hall–Kier alpha value is -7.82. The van der Waals surface area contributed by atoms with Crippen LogP contribution in [0.15, 0.2) is 188 Å². The lowest BCUT2D eigenvalue weighted by Gasteiger charge is -2.22. The van der Waals surface area contributed by atoms with Gasteiger partial charge >= 0.3 is 0 Å². The van der Waals surface area contributed by atoms with Gasteiger partial charge in [-0.2, -0.15) is 0 Å². The molecule has 10 rings (SSSR count). The molecule has 4 nitrogen and oxygen atoms in total. The average Bonchev–Trinajstić information content (AvgIpc) is 3.78. The maximum absolute atomic E-state index is 12.6. The first-order valence-corrected chi connectivity index (χ1v) is 24.4. The molecular weight excluding hydrogens is 851 g/mol. The van der Waals surface area contributed by atoms with Crippen LogP contribution in [0, 0.1) is 13.8 Å². The summed E-state index contributed by atoms with van der Waals surface area (Å²) in [5.74, 6) is 0.810. The molecule has 346 valence electrons. The van der Waals surface area contributed by atoms with Crippen LogP contribution in [0.1, 0.15) is 92.2 Å². The van der Waals surface area contributed by atoms with E-state index in [1.54, 1.807) is 0 Å². The smallest absolute Gasteiger partial charge is 0.149 e. The Kier molecular flexibility index (Phi) is 11.2. The lowest BCUT2D eigenvalue weighted by molar-refractivity contribution is 0.466. The lowest BCUT2D eigenvalue weighted by atomic mass is 9.85. The number of aromatic nitrogens is 3. The van der Waals surface area contributed by atoms with E-state index >= 15 is 0 Å². The minimum atomic E-state index is -2.49. The molecule has 0 atom stereocenters. The quantitative estimate of drug-likeness (QED) is 0.149. The van der Waals surface area contributed by atoms with Crippen molar-refractivity contribution in [2.75, 3.05) is 0 Å². The van der Waals surface area contributed by atoms with Gasteiger partial charge in [0.05, 0.1) is 28.0 Å². The molecule has 0 aliphatic rings. The largest absolute Gasteiger partial charge is 0.507 e. The summed E-state index contributed by atoms with van der Waals surface area (Å²) in [7, 11) is 0. The number of para-hydroxylation sites is 1. The number of phenols is 1. The molecule has 8 aromatic carbocycles. The summed E-state index contributed by atoms with van der Waals surface area (Å²) in [6, 6.07) is 62.4. The molecule has 0 saturated carbocycles. The minimum Gasteiger partial charge on any atom is -0.507 e. The topological polar surface area (TPSA) is 50.9 Å². The molecule has 0 aliphatic heterocycles. The molecule has 0 fully saturated rings. The molecule has 0 saturated heterocycles. The summed E-state index contributed by atoms with van der Waals surface area (Å²) < 4.78 is 29.3. The van der Waals surface area contributed by atoms with E-state index in [1.165, 1.54) is 11.1 Å². The third kappa shape index (κ3) is 8.87. The Morgan fingerprint density at radius 3 is 1.84 bits per heavy atom. The zero-order valence-electron chi connectivity index (χ0n) is 44.3. The molecule has 70 heavy (non-hydrogen) atoms. The van der Waals surface area contributed by atoms with Crippen molar-refractivity contribution in [1.29, 1.82) is 0 Å². The predicted octanol–water partition coefficient (Wildman–Crippen LogP) is 18.0. The zero-order valence-corrected chi connectivity index (χ0v) is 41.3. The number of pyridine rings is 1. The van der Waals surface area contributed by atoms with Crippen LogP contribution in [0.2, 0.25) is 0 Å². The number of hydrogen-bond donors (Lipinski definition) is 1. The Bertz CT molecular complexity index is 3640. The zero-order chi connectivity index (χ0) is 51.3. The van der Waals surface area contributed by atoms with Crippen LogP contribution in [0.5, 0.6) is 5.75 Å². The van der Waals surface area contributed by atoms with Gasteiger partial charge in [-0.1, -0.05) is 181 Å². The second kappa shape index (κ2) is 18.6. The minimum absolute atomic E-state index is 0.00677. The van der Waals surface area contributed by atoms with E-state index in [4.69, 9.17) is 14.1 Å². The maximum Gasteiger partial charge on any atom is 0.149 e. The molecule has 0 aliphatic carbocycles. The second-order valence-electron chi connectivity index (χ2n) is 20.3. The Morgan fingerprint density at radius 1 is 0.529 bits per heavy atom. The molecule has 0 bridgehead atoms. The van der Waals surface area contributed by atoms with E-state index in [-0.39, 0.29) is 28.6 Å². The summed E-state index contributed by atoms with van der Waals surface area (Å²) in [6.45, 7) is 14.7. The van der Waals surface area contributed by atoms with Crippen LogP contribution >= 0.6 is 0 Å². The van der Waals surface area contributed by atoms with E-state index in [0.29, 0.717) is 28.2 Å². The van der Waals surface area contributed by atoms with Gasteiger partial charge in [0.1, 0.15) is 11.6 Å². The summed E-state index contributed by atoms with van der Waals surface area (Å²) >= 11 is 0. The van der Waals surface area contributed by atoms with Crippen molar-refractivity contribution in [2.45, 2.75) is 79.5 Å². The first-order chi connectivity index (χ1) is 34.9. The van der Waals surface area contributed by atoms with Crippen LogP contribution in [0.4, 0.5) is 0 Å². The highest BCUT2D eigenvalue weighted by Crippen LogP contribution is 2.46. The third-order valence-corrected chi connectivity index (χ3v) is 13.7. The van der Waals surface area contributed by atoms with Gasteiger partial charge in [0.15, 0.2) is 0 Å². The van der Waals surface area contributed by atoms with Crippen LogP contribution in [0.25, 0.3) is 95.0 Å². The summed E-state index contributed by atoms with van der Waals surface area (Å²) in [5, 5.41) is 12.6. The highest BCUT2D eigenvalue weighted by molar-refractivity contribution is 5.99. The Morgan fingerprint density at radius 2 is 1.17 bits per heavy atom. The molecule has 2 aromatic heterocycles. The number of fused-ring (bicyclic) bond motifs is 1. The normalized spacial score (nSPS) is 12.6. The molecule has 0 spiro atoms. The van der Waals surface area contributed by atoms with Gasteiger partial charge in [0.2, 0.25) is 0 Å². The monoisotopic (exact) mass is 915 g/mol. The van der Waals surface area contributed by atoms with Gasteiger partial charge < -0.3 is 5.11 Å². The van der Waals surface area contributed by atoms with Gasteiger partial charge in [0, 0.05) is 27.0 Å². The van der Waals surface area contributed by atoms with Crippen LogP contribution in [-0.4, -0.2) is 19.6 Å². The molecular formula is C66H61N3O. The number of hydrogen-bond acceptors (Lipinski definition) is 3. The van der Waals surface area contributed by atoms with Crippen molar-refractivity contribution < 1.29 is 9.22 Å². The fourth-order valence-corrected chi connectivity index (χ4v) is 9.63. The van der Waals surface area contributed by atoms with E-state index in [9.17, 15) is 5.11 Å². The van der Waals surface area contributed by atoms with Crippen molar-refractivity contribution in [2.24, 2.45) is 0 Å². The van der Waals surface area contributed by atoms with Crippen molar-refractivity contribution >= 4 is 11.0 Å². The van der Waals surface area contributed by atoms with Crippen LogP contribution < -0.4 is 0 Å². The summed E-state index contributed by atoms with van der Waals surface area (Å²) in [4.78, 5) is 10.6. The molecule has 2 heterocycles. The second-order valence-corrected chi connectivity index (χ2v) is 20.3. The van der Waals surface area contributed by atoms with Gasteiger partial charge in [-0.3, -0.25) is 9.55 Å². The average molecular weight is 915 g/mol. The van der Waals surface area contributed by atoms with Gasteiger partial charge in [-0.25, -0.2) is 4.98 Å². The molecule has 0 unspecified atom stereocenters. The van der Waals surface area contributed by atoms with E-state index in [2.05, 4.69) is 193 Å². The van der Waals surface area contributed by atoms with Gasteiger partial charge in [-0.05, 0) is 152 Å². The number of rotatable bonds is 10. The summed E-state index contributed by atoms with van der Waals surface area (Å²) in [5.41, 5.74) is 18.1. The fourth-order valence-electron chi connectivity index (χ4n) is 9.63. The SMILES string of the molecule is [2H]C([2H])([2H])c1cc(-n2c(-c3cc(C(C)C)cc(C(C)C)c3O)nc3c(-c4cc(-c5ccccc5)cc(-c5cc(-c6ccc(C)cc6)ccn5)c4)cccc32)c(-c2ccc(C(C)(C)C)cc2)cc1-c1ccccc1. The number of phenolic OH excluding ortho intramolecular Hbond substituents is 1. The molecule has 4 heteroatoms.